The second-order valence-electron chi connectivity index (χ2n) is 4.89. The molecule has 0 bridgehead atoms. The lowest BCUT2D eigenvalue weighted by Crippen LogP contribution is -2.36. The molecule has 0 radical (unpaired) electrons. The van der Waals surface area contributed by atoms with Gasteiger partial charge in [0.1, 0.15) is 0 Å². The lowest BCUT2D eigenvalue weighted by Gasteiger charge is -2.24. The van der Waals surface area contributed by atoms with Crippen LogP contribution in [0.1, 0.15) is 16.7 Å². The number of hydrogen-bond donors (Lipinski definition) is 1. The minimum absolute atomic E-state index is 0.0732. The number of thiophene rings is 2. The molecule has 2 heterocycles. The Labute approximate surface area is 134 Å². The lowest BCUT2D eigenvalue weighted by atomic mass is 10.2. The van der Waals surface area contributed by atoms with Gasteiger partial charge < -0.3 is 5.32 Å². The highest BCUT2D eigenvalue weighted by Crippen LogP contribution is 2.26. The largest absolute Gasteiger partial charge is 0.315 e. The highest BCUT2D eigenvalue weighted by Gasteiger charge is 2.28. The Hall–Kier alpha value is -0.730. The van der Waals surface area contributed by atoms with Crippen molar-refractivity contribution in [2.75, 3.05) is 14.1 Å². The van der Waals surface area contributed by atoms with Crippen LogP contribution < -0.4 is 5.32 Å². The van der Waals surface area contributed by atoms with E-state index in [4.69, 9.17) is 0 Å². The van der Waals surface area contributed by atoms with Gasteiger partial charge in [0.2, 0.25) is 10.0 Å². The minimum Gasteiger partial charge on any atom is -0.315 e. The Bertz CT molecular complexity index is 662. The van der Waals surface area contributed by atoms with Crippen molar-refractivity contribution >= 4 is 32.7 Å². The van der Waals surface area contributed by atoms with Gasteiger partial charge in [0, 0.05) is 29.4 Å². The van der Waals surface area contributed by atoms with Crippen LogP contribution in [0.25, 0.3) is 0 Å². The van der Waals surface area contributed by atoms with E-state index >= 15 is 0 Å². The van der Waals surface area contributed by atoms with Crippen molar-refractivity contribution in [2.24, 2.45) is 0 Å². The third-order valence-electron chi connectivity index (χ3n) is 3.40. The molecule has 1 unspecified atom stereocenters. The molecule has 2 rings (SSSR count). The highest BCUT2D eigenvalue weighted by atomic mass is 32.2. The van der Waals surface area contributed by atoms with Crippen molar-refractivity contribution in [1.29, 1.82) is 0 Å². The topological polar surface area (TPSA) is 49.4 Å². The summed E-state index contributed by atoms with van der Waals surface area (Å²) in [5.41, 5.74) is 0. The summed E-state index contributed by atoms with van der Waals surface area (Å²) in [6, 6.07) is 5.65. The molecule has 116 valence electrons. The third kappa shape index (κ3) is 3.73. The fourth-order valence-electron chi connectivity index (χ4n) is 2.09. The van der Waals surface area contributed by atoms with E-state index in [2.05, 4.69) is 5.32 Å². The van der Waals surface area contributed by atoms with Gasteiger partial charge in [-0.05, 0) is 43.3 Å². The zero-order valence-electron chi connectivity index (χ0n) is 12.4. The smallest absolute Gasteiger partial charge is 0.244 e. The monoisotopic (exact) mass is 344 g/mol. The number of nitrogens with one attached hydrogen (secondary N) is 1. The Balaban J connectivity index is 2.19. The van der Waals surface area contributed by atoms with Crippen LogP contribution in [0.2, 0.25) is 0 Å². The standard InChI is InChI=1S/C14H20N2O2S3/c1-11(9-12-5-4-7-19-12)16(3)21(17,18)14-6-8-20-13(14)10-15-2/h4-8,11,15H,9-10H2,1-3H3. The fraction of sp³-hybridized carbons (Fsp3) is 0.429. The summed E-state index contributed by atoms with van der Waals surface area (Å²) >= 11 is 3.13. The first-order valence-electron chi connectivity index (χ1n) is 6.68. The third-order valence-corrected chi connectivity index (χ3v) is 7.40. The average molecular weight is 345 g/mol. The Morgan fingerprint density at radius 2 is 2.05 bits per heavy atom. The van der Waals surface area contributed by atoms with Crippen LogP contribution in [-0.2, 0) is 23.0 Å². The van der Waals surface area contributed by atoms with E-state index in [1.165, 1.54) is 20.5 Å². The van der Waals surface area contributed by atoms with Gasteiger partial charge in [0.05, 0.1) is 4.90 Å². The molecule has 0 aromatic carbocycles. The van der Waals surface area contributed by atoms with Crippen LogP contribution in [0.15, 0.2) is 33.9 Å². The molecule has 4 nitrogen and oxygen atoms in total. The molecule has 7 heteroatoms. The molecule has 2 aromatic rings. The van der Waals surface area contributed by atoms with Gasteiger partial charge in [0.25, 0.3) is 0 Å². The molecule has 0 amide bonds. The van der Waals surface area contributed by atoms with Gasteiger partial charge in [-0.25, -0.2) is 8.42 Å². The molecule has 0 aliphatic rings. The van der Waals surface area contributed by atoms with E-state index < -0.39 is 10.0 Å². The fourth-order valence-corrected chi connectivity index (χ4v) is 5.70. The second kappa shape index (κ2) is 7.02. The summed E-state index contributed by atoms with van der Waals surface area (Å²) < 4.78 is 27.0. The maximum atomic E-state index is 12.8. The number of sulfonamides is 1. The molecule has 0 aliphatic heterocycles. The van der Waals surface area contributed by atoms with Crippen LogP contribution in [0.3, 0.4) is 0 Å². The number of hydrogen-bond acceptors (Lipinski definition) is 5. The van der Waals surface area contributed by atoms with Crippen LogP contribution in [0.5, 0.6) is 0 Å². The Kier molecular flexibility index (Phi) is 5.56. The molecular weight excluding hydrogens is 324 g/mol. The predicted molar refractivity (Wildman–Crippen MR) is 89.5 cm³/mol. The molecule has 21 heavy (non-hydrogen) atoms. The van der Waals surface area contributed by atoms with E-state index in [9.17, 15) is 8.42 Å². The molecule has 0 spiro atoms. The van der Waals surface area contributed by atoms with Gasteiger partial charge in [-0.3, -0.25) is 0 Å². The minimum atomic E-state index is -3.44. The van der Waals surface area contributed by atoms with Crippen molar-refractivity contribution in [3.05, 3.63) is 38.7 Å². The maximum absolute atomic E-state index is 12.8. The number of rotatable bonds is 7. The summed E-state index contributed by atoms with van der Waals surface area (Å²) in [5, 5.41) is 6.86. The van der Waals surface area contributed by atoms with E-state index in [0.717, 1.165) is 11.3 Å². The molecule has 1 N–H and O–H groups in total. The molecule has 0 saturated heterocycles. The summed E-state index contributed by atoms with van der Waals surface area (Å²) in [7, 11) is 0.0373. The number of nitrogens with zero attached hydrogens (tertiary/aromatic N) is 1. The first kappa shape index (κ1) is 16.6. The van der Waals surface area contributed by atoms with Crippen molar-refractivity contribution in [3.63, 3.8) is 0 Å². The van der Waals surface area contributed by atoms with Crippen LogP contribution in [0.4, 0.5) is 0 Å². The van der Waals surface area contributed by atoms with Gasteiger partial charge >= 0.3 is 0 Å². The van der Waals surface area contributed by atoms with Crippen LogP contribution in [0, 0.1) is 0 Å². The summed E-state index contributed by atoms with van der Waals surface area (Å²) in [6.07, 6.45) is 0.735. The second-order valence-corrected chi connectivity index (χ2v) is 8.89. The zero-order chi connectivity index (χ0) is 15.5. The first-order valence-corrected chi connectivity index (χ1v) is 9.88. The van der Waals surface area contributed by atoms with Crippen molar-refractivity contribution < 1.29 is 8.42 Å². The van der Waals surface area contributed by atoms with Gasteiger partial charge in [-0.1, -0.05) is 6.07 Å². The molecule has 1 atom stereocenters. The van der Waals surface area contributed by atoms with Crippen LogP contribution in [-0.4, -0.2) is 32.9 Å². The molecule has 0 saturated carbocycles. The van der Waals surface area contributed by atoms with E-state index in [-0.39, 0.29) is 6.04 Å². The Morgan fingerprint density at radius 3 is 2.67 bits per heavy atom. The summed E-state index contributed by atoms with van der Waals surface area (Å²) in [5.74, 6) is 0. The molecule has 0 fully saturated rings. The first-order chi connectivity index (χ1) is 9.96. The molecule has 0 aliphatic carbocycles. The summed E-state index contributed by atoms with van der Waals surface area (Å²) in [4.78, 5) is 2.47. The van der Waals surface area contributed by atoms with Crippen molar-refractivity contribution in [3.8, 4) is 0 Å². The van der Waals surface area contributed by atoms with Gasteiger partial charge in [-0.15, -0.1) is 22.7 Å². The molecule has 2 aromatic heterocycles. The number of likely N-dealkylation sites (N-methyl/N-ethyl adjacent to an activating group) is 1. The highest BCUT2D eigenvalue weighted by molar-refractivity contribution is 7.89. The summed E-state index contributed by atoms with van der Waals surface area (Å²) in [6.45, 7) is 2.51. The van der Waals surface area contributed by atoms with Gasteiger partial charge in [0.15, 0.2) is 0 Å². The maximum Gasteiger partial charge on any atom is 0.244 e. The molecular formula is C14H20N2O2S3. The van der Waals surface area contributed by atoms with E-state index in [0.29, 0.717) is 11.4 Å². The van der Waals surface area contributed by atoms with Gasteiger partial charge in [-0.2, -0.15) is 4.31 Å². The lowest BCUT2D eigenvalue weighted by molar-refractivity contribution is 0.388. The average Bonchev–Trinajstić information content (AvgIpc) is 3.09. The SMILES string of the molecule is CNCc1sccc1S(=O)(=O)N(C)C(C)Cc1cccs1. The quantitative estimate of drug-likeness (QED) is 0.840. The van der Waals surface area contributed by atoms with E-state index in [1.807, 2.05) is 36.9 Å². The Morgan fingerprint density at radius 1 is 1.29 bits per heavy atom. The van der Waals surface area contributed by atoms with Crippen molar-refractivity contribution in [1.82, 2.24) is 9.62 Å². The predicted octanol–water partition coefficient (Wildman–Crippen LogP) is 2.78. The van der Waals surface area contributed by atoms with Crippen molar-refractivity contribution in [2.45, 2.75) is 30.8 Å². The zero-order valence-corrected chi connectivity index (χ0v) is 14.8. The normalized spacial score (nSPS) is 13.7. The van der Waals surface area contributed by atoms with E-state index in [1.54, 1.807) is 24.5 Å². The van der Waals surface area contributed by atoms with Crippen LogP contribution >= 0.6 is 22.7 Å².